The Bertz CT molecular complexity index is 3270. The fraction of sp³-hybridized carbons (Fsp3) is 0. The summed E-state index contributed by atoms with van der Waals surface area (Å²) >= 11 is 0. The smallest absolute Gasteiger partial charge is 0.143 e. The van der Waals surface area contributed by atoms with Gasteiger partial charge in [0.1, 0.15) is 11.2 Å². The monoisotopic (exact) mass is 724 g/mol. The molecule has 1 heterocycles. The van der Waals surface area contributed by atoms with E-state index in [9.17, 15) is 0 Å². The van der Waals surface area contributed by atoms with Gasteiger partial charge >= 0.3 is 0 Å². The summed E-state index contributed by atoms with van der Waals surface area (Å²) in [6.07, 6.45) is 0. The standard InChI is InChI=1S/C56H36O/c1-4-16-37(17-5-1)40-22-14-23-41(32-40)43-33-44(35-45(34-43)46-27-15-28-51-47-24-12-13-29-53(47)57-56(46)51)42-30-31-50-52(36-42)55(39-20-8-3-9-21-39)49-26-11-10-25-48(49)54(50)38-18-6-2-7-19-38/h1-36H. The lowest BCUT2D eigenvalue weighted by molar-refractivity contribution is 0.670. The van der Waals surface area contributed by atoms with Crippen LogP contribution in [-0.4, -0.2) is 0 Å². The van der Waals surface area contributed by atoms with Crippen LogP contribution in [0.25, 0.3) is 110 Å². The van der Waals surface area contributed by atoms with Crippen molar-refractivity contribution in [1.82, 2.24) is 0 Å². The van der Waals surface area contributed by atoms with E-state index < -0.39 is 0 Å². The first-order valence-corrected chi connectivity index (χ1v) is 19.6. The second-order valence-corrected chi connectivity index (χ2v) is 14.8. The van der Waals surface area contributed by atoms with E-state index in [2.05, 4.69) is 212 Å². The van der Waals surface area contributed by atoms with Crippen molar-refractivity contribution < 1.29 is 4.42 Å². The zero-order valence-electron chi connectivity index (χ0n) is 31.2. The topological polar surface area (TPSA) is 13.1 Å². The van der Waals surface area contributed by atoms with Gasteiger partial charge in [0.05, 0.1) is 0 Å². The van der Waals surface area contributed by atoms with Gasteiger partial charge in [-0.1, -0.05) is 182 Å². The zero-order chi connectivity index (χ0) is 37.7. The largest absolute Gasteiger partial charge is 0.455 e. The van der Waals surface area contributed by atoms with Crippen LogP contribution in [0, 0.1) is 0 Å². The summed E-state index contributed by atoms with van der Waals surface area (Å²) in [6, 6.07) is 79.0. The van der Waals surface area contributed by atoms with Crippen molar-refractivity contribution in [2.75, 3.05) is 0 Å². The summed E-state index contributed by atoms with van der Waals surface area (Å²) in [5.74, 6) is 0. The van der Waals surface area contributed by atoms with Crippen LogP contribution in [0.4, 0.5) is 0 Å². The fourth-order valence-corrected chi connectivity index (χ4v) is 8.79. The first-order valence-electron chi connectivity index (χ1n) is 19.6. The third-order valence-corrected chi connectivity index (χ3v) is 11.4. The molecule has 0 radical (unpaired) electrons. The number of furan rings is 1. The molecule has 0 atom stereocenters. The zero-order valence-corrected chi connectivity index (χ0v) is 31.2. The maximum absolute atomic E-state index is 6.62. The van der Waals surface area contributed by atoms with E-state index in [0.29, 0.717) is 0 Å². The molecule has 0 unspecified atom stereocenters. The summed E-state index contributed by atoms with van der Waals surface area (Å²) < 4.78 is 6.62. The van der Waals surface area contributed by atoms with Gasteiger partial charge < -0.3 is 4.42 Å². The number of fused-ring (bicyclic) bond motifs is 5. The van der Waals surface area contributed by atoms with Gasteiger partial charge in [0, 0.05) is 16.3 Å². The Morgan fingerprint density at radius 2 is 0.667 bits per heavy atom. The van der Waals surface area contributed by atoms with Gasteiger partial charge in [-0.25, -0.2) is 0 Å². The maximum Gasteiger partial charge on any atom is 0.143 e. The highest BCUT2D eigenvalue weighted by atomic mass is 16.3. The third-order valence-electron chi connectivity index (χ3n) is 11.4. The lowest BCUT2D eigenvalue weighted by Crippen LogP contribution is -1.92. The van der Waals surface area contributed by atoms with Crippen molar-refractivity contribution in [3.8, 4) is 66.8 Å². The van der Waals surface area contributed by atoms with E-state index in [0.717, 1.165) is 49.8 Å². The molecule has 0 aliphatic carbocycles. The molecule has 1 heteroatoms. The molecule has 0 spiro atoms. The molecule has 10 aromatic carbocycles. The quantitative estimate of drug-likeness (QED) is 0.156. The highest BCUT2D eigenvalue weighted by Gasteiger charge is 2.19. The minimum atomic E-state index is 0.899. The molecule has 0 saturated carbocycles. The Morgan fingerprint density at radius 1 is 0.228 bits per heavy atom. The lowest BCUT2D eigenvalue weighted by atomic mass is 9.84. The average molecular weight is 725 g/mol. The van der Waals surface area contributed by atoms with Crippen molar-refractivity contribution in [3.05, 3.63) is 218 Å². The van der Waals surface area contributed by atoms with E-state index >= 15 is 0 Å². The van der Waals surface area contributed by atoms with Crippen LogP contribution in [0.15, 0.2) is 223 Å². The Morgan fingerprint density at radius 3 is 1.33 bits per heavy atom. The van der Waals surface area contributed by atoms with Crippen LogP contribution in [0.1, 0.15) is 0 Å². The molecule has 0 aliphatic heterocycles. The van der Waals surface area contributed by atoms with E-state index in [1.807, 2.05) is 6.07 Å². The van der Waals surface area contributed by atoms with Gasteiger partial charge in [0.2, 0.25) is 0 Å². The molecule has 0 bridgehead atoms. The number of rotatable bonds is 6. The van der Waals surface area contributed by atoms with Crippen LogP contribution in [0.2, 0.25) is 0 Å². The van der Waals surface area contributed by atoms with Crippen molar-refractivity contribution in [2.45, 2.75) is 0 Å². The highest BCUT2D eigenvalue weighted by Crippen LogP contribution is 2.46. The van der Waals surface area contributed by atoms with Crippen LogP contribution in [-0.2, 0) is 0 Å². The molecule has 0 aliphatic rings. The van der Waals surface area contributed by atoms with Crippen LogP contribution < -0.4 is 0 Å². The second-order valence-electron chi connectivity index (χ2n) is 14.8. The van der Waals surface area contributed by atoms with Crippen LogP contribution in [0.5, 0.6) is 0 Å². The number of para-hydroxylation sites is 2. The first-order chi connectivity index (χ1) is 28.3. The van der Waals surface area contributed by atoms with Gasteiger partial charge in [0.25, 0.3) is 0 Å². The molecular formula is C56H36O. The second kappa shape index (κ2) is 13.7. The molecule has 1 nitrogen and oxygen atoms in total. The van der Waals surface area contributed by atoms with Crippen molar-refractivity contribution >= 4 is 43.5 Å². The SMILES string of the molecule is c1ccc(-c2cccc(-c3cc(-c4ccc5c(-c6ccccc6)c6ccccc6c(-c6ccccc6)c5c4)cc(-c4cccc5c4oc4ccccc45)c3)c2)cc1. The van der Waals surface area contributed by atoms with E-state index in [4.69, 9.17) is 4.42 Å². The number of hydrogen-bond donors (Lipinski definition) is 0. The van der Waals surface area contributed by atoms with Gasteiger partial charge in [-0.05, 0) is 119 Å². The third kappa shape index (κ3) is 5.72. The van der Waals surface area contributed by atoms with E-state index in [-0.39, 0.29) is 0 Å². The summed E-state index contributed by atoms with van der Waals surface area (Å²) in [4.78, 5) is 0. The highest BCUT2D eigenvalue weighted by molar-refractivity contribution is 6.22. The molecule has 0 saturated heterocycles. The normalized spacial score (nSPS) is 11.5. The average Bonchev–Trinajstić information content (AvgIpc) is 3.68. The van der Waals surface area contributed by atoms with Crippen molar-refractivity contribution in [2.24, 2.45) is 0 Å². The van der Waals surface area contributed by atoms with Gasteiger partial charge in [-0.2, -0.15) is 0 Å². The van der Waals surface area contributed by atoms with Gasteiger partial charge in [0.15, 0.2) is 0 Å². The molecule has 266 valence electrons. The van der Waals surface area contributed by atoms with Crippen molar-refractivity contribution in [3.63, 3.8) is 0 Å². The Kier molecular flexibility index (Phi) is 7.89. The predicted molar refractivity (Wildman–Crippen MR) is 241 cm³/mol. The predicted octanol–water partition coefficient (Wildman–Crippen LogP) is 15.9. The van der Waals surface area contributed by atoms with Crippen LogP contribution >= 0.6 is 0 Å². The van der Waals surface area contributed by atoms with Gasteiger partial charge in [-0.3, -0.25) is 0 Å². The van der Waals surface area contributed by atoms with E-state index in [1.54, 1.807) is 0 Å². The molecule has 11 aromatic rings. The molecule has 11 rings (SSSR count). The Balaban J connectivity index is 1.19. The fourth-order valence-electron chi connectivity index (χ4n) is 8.79. The molecule has 1 aromatic heterocycles. The molecule has 57 heavy (non-hydrogen) atoms. The lowest BCUT2D eigenvalue weighted by Gasteiger charge is -2.19. The summed E-state index contributed by atoms with van der Waals surface area (Å²) in [7, 11) is 0. The number of benzene rings is 10. The Hall–Kier alpha value is -7.48. The minimum Gasteiger partial charge on any atom is -0.455 e. The minimum absolute atomic E-state index is 0.899. The molecule has 0 N–H and O–H groups in total. The molecular weight excluding hydrogens is 689 g/mol. The van der Waals surface area contributed by atoms with Crippen LogP contribution in [0.3, 0.4) is 0 Å². The first kappa shape index (κ1) is 32.9. The van der Waals surface area contributed by atoms with Gasteiger partial charge in [-0.15, -0.1) is 0 Å². The number of hydrogen-bond acceptors (Lipinski definition) is 1. The maximum atomic E-state index is 6.62. The summed E-state index contributed by atoms with van der Waals surface area (Å²) in [6.45, 7) is 0. The molecule has 0 fully saturated rings. The summed E-state index contributed by atoms with van der Waals surface area (Å²) in [5, 5.41) is 7.22. The Labute approximate surface area is 331 Å². The van der Waals surface area contributed by atoms with Crippen molar-refractivity contribution in [1.29, 1.82) is 0 Å². The summed E-state index contributed by atoms with van der Waals surface area (Å²) in [5.41, 5.74) is 16.0. The van der Waals surface area contributed by atoms with E-state index in [1.165, 1.54) is 60.5 Å². The molecule has 0 amide bonds.